The van der Waals surface area contributed by atoms with Gasteiger partial charge in [0.05, 0.1) is 19.3 Å². The van der Waals surface area contributed by atoms with Gasteiger partial charge in [-0.15, -0.1) is 0 Å². The molecule has 2 nitrogen and oxygen atoms in total. The van der Waals surface area contributed by atoms with E-state index < -0.39 is 5.82 Å². The number of aryl methyl sites for hydroxylation is 1. The molecule has 0 amide bonds. The highest BCUT2D eigenvalue weighted by Gasteiger charge is 2.09. The summed E-state index contributed by atoms with van der Waals surface area (Å²) in [5.41, 5.74) is 0.734. The monoisotopic (exact) mass is 170 g/mol. The fourth-order valence-corrected chi connectivity index (χ4v) is 1.06. The summed E-state index contributed by atoms with van der Waals surface area (Å²) in [4.78, 5) is 0. The van der Waals surface area contributed by atoms with E-state index in [9.17, 15) is 4.39 Å². The number of benzene rings is 1. The summed E-state index contributed by atoms with van der Waals surface area (Å²) in [6.07, 6.45) is 0. The Kier molecular flexibility index (Phi) is 2.65. The second-order valence-corrected chi connectivity index (χ2v) is 2.54. The first-order valence-electron chi connectivity index (χ1n) is 3.63. The summed E-state index contributed by atoms with van der Waals surface area (Å²) in [6, 6.07) is 3.26. The third-order valence-corrected chi connectivity index (χ3v) is 1.77. The van der Waals surface area contributed by atoms with E-state index in [0.29, 0.717) is 11.3 Å². The maximum atomic E-state index is 13.2. The van der Waals surface area contributed by atoms with Gasteiger partial charge in [0, 0.05) is 0 Å². The smallest absolute Gasteiger partial charge is 0.135 e. The lowest BCUT2D eigenvalue weighted by atomic mass is 10.1. The Balaban J connectivity index is 3.25. The lowest BCUT2D eigenvalue weighted by Gasteiger charge is -2.08. The van der Waals surface area contributed by atoms with Crippen LogP contribution in [0.2, 0.25) is 0 Å². The van der Waals surface area contributed by atoms with Crippen LogP contribution in [0.4, 0.5) is 4.39 Å². The van der Waals surface area contributed by atoms with Gasteiger partial charge < -0.3 is 9.84 Å². The van der Waals surface area contributed by atoms with Crippen LogP contribution < -0.4 is 4.74 Å². The number of hydrogen-bond donors (Lipinski definition) is 1. The molecule has 1 aromatic rings. The van der Waals surface area contributed by atoms with Gasteiger partial charge in [0.2, 0.25) is 0 Å². The highest BCUT2D eigenvalue weighted by molar-refractivity contribution is 5.37. The van der Waals surface area contributed by atoms with Crippen molar-refractivity contribution in [2.45, 2.75) is 13.5 Å². The molecule has 1 aromatic carbocycles. The minimum absolute atomic E-state index is 0.220. The van der Waals surface area contributed by atoms with Crippen LogP contribution in [0.25, 0.3) is 0 Å². The third kappa shape index (κ3) is 1.41. The van der Waals surface area contributed by atoms with E-state index in [1.165, 1.54) is 7.11 Å². The molecule has 0 aromatic heterocycles. The minimum atomic E-state index is -0.392. The topological polar surface area (TPSA) is 29.5 Å². The van der Waals surface area contributed by atoms with Crippen molar-refractivity contribution in [3.05, 3.63) is 29.1 Å². The Bertz CT molecular complexity index is 284. The van der Waals surface area contributed by atoms with Gasteiger partial charge in [0.1, 0.15) is 11.6 Å². The summed E-state index contributed by atoms with van der Waals surface area (Å²) < 4.78 is 18.1. The van der Waals surface area contributed by atoms with E-state index in [4.69, 9.17) is 9.84 Å². The largest absolute Gasteiger partial charge is 0.496 e. The summed E-state index contributed by atoms with van der Waals surface area (Å²) in [5.74, 6) is -0.00236. The highest BCUT2D eigenvalue weighted by Crippen LogP contribution is 2.23. The molecule has 1 rings (SSSR count). The number of aliphatic hydroxyl groups is 1. The maximum absolute atomic E-state index is 13.2. The molecule has 0 aliphatic heterocycles. The van der Waals surface area contributed by atoms with Gasteiger partial charge in [-0.3, -0.25) is 0 Å². The number of hydrogen-bond acceptors (Lipinski definition) is 2. The predicted molar refractivity (Wildman–Crippen MR) is 43.6 cm³/mol. The average molecular weight is 170 g/mol. The molecule has 1 N–H and O–H groups in total. The molecular weight excluding hydrogens is 159 g/mol. The van der Waals surface area contributed by atoms with Gasteiger partial charge in [0.15, 0.2) is 0 Å². The van der Waals surface area contributed by atoms with E-state index in [1.807, 2.05) is 0 Å². The normalized spacial score (nSPS) is 10.0. The first kappa shape index (κ1) is 9.00. The van der Waals surface area contributed by atoms with Gasteiger partial charge in [-0.25, -0.2) is 4.39 Å². The van der Waals surface area contributed by atoms with Crippen molar-refractivity contribution in [2.75, 3.05) is 7.11 Å². The zero-order valence-corrected chi connectivity index (χ0v) is 7.10. The number of methoxy groups -OCH3 is 1. The molecule has 0 saturated heterocycles. The molecule has 0 aliphatic rings. The molecule has 0 heterocycles. The lowest BCUT2D eigenvalue weighted by molar-refractivity contribution is 0.266. The number of rotatable bonds is 2. The zero-order chi connectivity index (χ0) is 9.14. The van der Waals surface area contributed by atoms with Gasteiger partial charge >= 0.3 is 0 Å². The lowest BCUT2D eigenvalue weighted by Crippen LogP contribution is -1.97. The molecule has 0 unspecified atom stereocenters. The summed E-state index contributed by atoms with van der Waals surface area (Å²) in [7, 11) is 1.45. The Hall–Kier alpha value is -1.09. The Morgan fingerprint density at radius 3 is 2.67 bits per heavy atom. The number of aliphatic hydroxyl groups excluding tert-OH is 1. The molecule has 0 atom stereocenters. The van der Waals surface area contributed by atoms with Gasteiger partial charge in [-0.05, 0) is 18.6 Å². The summed E-state index contributed by atoms with van der Waals surface area (Å²) in [5, 5.41) is 8.83. The van der Waals surface area contributed by atoms with Crippen LogP contribution in [0.3, 0.4) is 0 Å². The van der Waals surface area contributed by atoms with Crippen molar-refractivity contribution in [1.82, 2.24) is 0 Å². The Morgan fingerprint density at radius 2 is 2.17 bits per heavy atom. The first-order valence-corrected chi connectivity index (χ1v) is 3.63. The molecule has 0 radical (unpaired) electrons. The molecule has 66 valence electrons. The Labute approximate surface area is 70.6 Å². The van der Waals surface area contributed by atoms with Gasteiger partial charge in [0.25, 0.3) is 0 Å². The van der Waals surface area contributed by atoms with Crippen LogP contribution in [-0.2, 0) is 6.61 Å². The van der Waals surface area contributed by atoms with Crippen molar-refractivity contribution in [3.63, 3.8) is 0 Å². The van der Waals surface area contributed by atoms with Crippen molar-refractivity contribution < 1.29 is 14.2 Å². The molecule has 0 fully saturated rings. The van der Waals surface area contributed by atoms with E-state index in [2.05, 4.69) is 0 Å². The van der Waals surface area contributed by atoms with Crippen LogP contribution >= 0.6 is 0 Å². The molecule has 12 heavy (non-hydrogen) atoms. The highest BCUT2D eigenvalue weighted by atomic mass is 19.1. The second-order valence-electron chi connectivity index (χ2n) is 2.54. The molecule has 0 aliphatic carbocycles. The Morgan fingerprint density at radius 1 is 1.50 bits per heavy atom. The van der Waals surface area contributed by atoms with Crippen molar-refractivity contribution in [1.29, 1.82) is 0 Å². The van der Waals surface area contributed by atoms with Crippen LogP contribution in [-0.4, -0.2) is 12.2 Å². The average Bonchev–Trinajstić information content (AvgIpc) is 2.09. The van der Waals surface area contributed by atoms with E-state index in [1.54, 1.807) is 19.1 Å². The second kappa shape index (κ2) is 3.54. The van der Waals surface area contributed by atoms with Crippen molar-refractivity contribution >= 4 is 0 Å². The van der Waals surface area contributed by atoms with Crippen molar-refractivity contribution in [2.24, 2.45) is 0 Å². The molecule has 0 saturated carbocycles. The third-order valence-electron chi connectivity index (χ3n) is 1.77. The standard InChI is InChI=1S/C9H11FO2/c1-6-3-4-8(12-2)7(5-11)9(6)10/h3-4,11H,5H2,1-2H3. The number of halogens is 1. The summed E-state index contributed by atoms with van der Waals surface area (Å²) in [6.45, 7) is 1.31. The van der Waals surface area contributed by atoms with Crippen LogP contribution in [0.15, 0.2) is 12.1 Å². The van der Waals surface area contributed by atoms with Crippen LogP contribution in [0, 0.1) is 12.7 Å². The van der Waals surface area contributed by atoms with E-state index >= 15 is 0 Å². The van der Waals surface area contributed by atoms with E-state index in [0.717, 1.165) is 0 Å². The quantitative estimate of drug-likeness (QED) is 0.731. The van der Waals surface area contributed by atoms with Gasteiger partial charge in [-0.2, -0.15) is 0 Å². The molecule has 3 heteroatoms. The van der Waals surface area contributed by atoms with Crippen molar-refractivity contribution in [3.8, 4) is 5.75 Å². The molecule has 0 bridgehead atoms. The molecule has 0 spiro atoms. The fourth-order valence-electron chi connectivity index (χ4n) is 1.06. The SMILES string of the molecule is COc1ccc(C)c(F)c1CO. The minimum Gasteiger partial charge on any atom is -0.496 e. The van der Waals surface area contributed by atoms with Gasteiger partial charge in [-0.1, -0.05) is 6.07 Å². The maximum Gasteiger partial charge on any atom is 0.135 e. The number of ether oxygens (including phenoxy) is 1. The van der Waals surface area contributed by atoms with Crippen LogP contribution in [0.1, 0.15) is 11.1 Å². The first-order chi connectivity index (χ1) is 5.70. The summed E-state index contributed by atoms with van der Waals surface area (Å²) >= 11 is 0. The zero-order valence-electron chi connectivity index (χ0n) is 7.10. The molecular formula is C9H11FO2. The predicted octanol–water partition coefficient (Wildman–Crippen LogP) is 1.64. The fraction of sp³-hybridized carbons (Fsp3) is 0.333. The van der Waals surface area contributed by atoms with Crippen LogP contribution in [0.5, 0.6) is 5.75 Å². The van der Waals surface area contributed by atoms with E-state index in [-0.39, 0.29) is 12.2 Å².